The first kappa shape index (κ1) is 76.1. The van der Waals surface area contributed by atoms with Crippen molar-refractivity contribution >= 4 is 70.7 Å². The number of primary amides is 1. The monoisotopic (exact) mass is 1400 g/mol. The van der Waals surface area contributed by atoms with E-state index < -0.39 is 83.3 Å². The summed E-state index contributed by atoms with van der Waals surface area (Å²) >= 11 is 0. The summed E-state index contributed by atoms with van der Waals surface area (Å²) in [5.41, 5.74) is 7.23. The largest absolute Gasteiger partial charge is 1.00 e. The predicted molar refractivity (Wildman–Crippen MR) is 345 cm³/mol. The number of unbranched alkanes of at least 4 members (excludes halogenated alkanes) is 2. The highest BCUT2D eigenvalue weighted by molar-refractivity contribution is 6.12. The molecule has 0 saturated carbocycles. The number of nitrogens with zero attached hydrogens (tertiary/aromatic N) is 2. The summed E-state index contributed by atoms with van der Waals surface area (Å²) in [6, 6.07) is 18.8. The number of hydrogen-bond donors (Lipinski definition) is 9. The van der Waals surface area contributed by atoms with Gasteiger partial charge in [0.2, 0.25) is 35.4 Å². The van der Waals surface area contributed by atoms with E-state index in [1.54, 1.807) is 32.9 Å². The second-order valence-electron chi connectivity index (χ2n) is 25.8. The number of rotatable bonds is 38. The molecule has 508 valence electrons. The minimum absolute atomic E-state index is 0. The Balaban J connectivity index is 0.0000157. The molecule has 3 aromatic rings. The van der Waals surface area contributed by atoms with Crippen molar-refractivity contribution in [2.75, 3.05) is 57.9 Å². The molecule has 0 aliphatic carbocycles. The van der Waals surface area contributed by atoms with Crippen molar-refractivity contribution in [2.45, 2.75) is 167 Å². The van der Waals surface area contributed by atoms with Gasteiger partial charge in [0, 0.05) is 49.3 Å². The number of aryl methyl sites for hydroxylation is 1. The van der Waals surface area contributed by atoms with Gasteiger partial charge in [0.1, 0.15) is 55.4 Å². The van der Waals surface area contributed by atoms with Crippen LogP contribution in [0.3, 0.4) is 0 Å². The number of hydrogen-bond acceptors (Lipinski definition) is 13. The maximum absolute atomic E-state index is 14.7. The summed E-state index contributed by atoms with van der Waals surface area (Å²) < 4.78 is 11.5. The molecule has 25 heteroatoms. The Hall–Kier alpha value is -7.62. The quantitative estimate of drug-likeness (QED) is 0.0126. The molecule has 0 spiro atoms. The molecule has 3 heterocycles. The number of halogens is 1. The number of nitrogens with one attached hydrogen (secondary N) is 8. The predicted octanol–water partition coefficient (Wildman–Crippen LogP) is 0.800. The lowest BCUT2D eigenvalue weighted by Crippen LogP contribution is -3.00. The van der Waals surface area contributed by atoms with Gasteiger partial charge in [-0.15, -0.1) is 0 Å². The number of Topliss-reactive ketones (excluding diaryl/α,β-unsaturated/α-hetero) is 1. The molecule has 3 aliphatic rings. The number of ketones is 1. The zero-order chi connectivity index (χ0) is 67.0. The molecule has 0 aromatic heterocycles. The van der Waals surface area contributed by atoms with Crippen molar-refractivity contribution in [3.63, 3.8) is 0 Å². The highest BCUT2D eigenvalue weighted by Gasteiger charge is 2.50. The van der Waals surface area contributed by atoms with Crippen LogP contribution >= 0.6 is 0 Å². The van der Waals surface area contributed by atoms with Crippen LogP contribution in [0.15, 0.2) is 97.1 Å². The molecule has 24 nitrogen and oxygen atoms in total. The first-order chi connectivity index (χ1) is 43.8. The van der Waals surface area contributed by atoms with E-state index in [2.05, 4.69) is 42.5 Å². The number of morpholine rings is 1. The van der Waals surface area contributed by atoms with Crippen LogP contribution in [-0.4, -0.2) is 169 Å². The Morgan fingerprint density at radius 1 is 0.591 bits per heavy atom. The van der Waals surface area contributed by atoms with Crippen molar-refractivity contribution in [1.29, 1.82) is 0 Å². The van der Waals surface area contributed by atoms with Crippen LogP contribution in [-0.2, 0) is 76.8 Å². The van der Waals surface area contributed by atoms with Crippen LogP contribution in [0.5, 0.6) is 0 Å². The topological polar surface area (TPSA) is 335 Å². The number of nitrogens with two attached hydrogens (primary N) is 1. The number of benzene rings is 3. The first-order valence-electron chi connectivity index (χ1n) is 32.3. The third-order valence-electron chi connectivity index (χ3n) is 16.6. The maximum atomic E-state index is 14.7. The van der Waals surface area contributed by atoms with Gasteiger partial charge in [0.25, 0.3) is 17.7 Å². The van der Waals surface area contributed by atoms with E-state index in [0.717, 1.165) is 21.6 Å². The van der Waals surface area contributed by atoms with E-state index >= 15 is 0 Å². The lowest BCUT2D eigenvalue weighted by Gasteiger charge is -2.41. The van der Waals surface area contributed by atoms with E-state index in [4.69, 9.17) is 15.2 Å². The molecule has 0 unspecified atom stereocenters. The molecule has 0 bridgehead atoms. The van der Waals surface area contributed by atoms with Gasteiger partial charge in [-0.2, -0.15) is 0 Å². The number of anilines is 1. The molecular formula is C68H96IN11O13. The fraction of sp³-hybridized carbons (Fsp3) is 0.544. The van der Waals surface area contributed by atoms with Crippen molar-refractivity contribution in [2.24, 2.45) is 23.5 Å². The van der Waals surface area contributed by atoms with E-state index in [1.165, 1.54) is 12.2 Å². The average molecular weight is 1400 g/mol. The number of amides is 11. The summed E-state index contributed by atoms with van der Waals surface area (Å²) in [5, 5.41) is 22.8. The Bertz CT molecular complexity index is 3030. The number of quaternary nitrogens is 1. The SMILES string of the molecule is CC(C)C[C@H](NC(=O)[C@H](CCc1ccccc1)NC(=O)C[N+]1(Cc2ccc(NC(=O)[C@H](CCCNC(N)=O)NC(=O)[C@@H](NC(=O)CCCCCN3C(=O)C=CC3=O)C(C)C)cc2)CCOCC1)C(=O)N[C@@H](Cc1ccccc1)C(=O)N[C@@H](CC(C)C)C(=O)[C@@]1(C)CO1.[I-]. The van der Waals surface area contributed by atoms with Gasteiger partial charge >= 0.3 is 6.03 Å². The molecule has 2 saturated heterocycles. The summed E-state index contributed by atoms with van der Waals surface area (Å²) in [4.78, 5) is 149. The molecule has 11 amide bonds. The minimum atomic E-state index is -1.12. The molecule has 3 aromatic carbocycles. The van der Waals surface area contributed by atoms with Crippen LogP contribution in [0, 0.1) is 17.8 Å². The Kier molecular flexibility index (Phi) is 30.5. The average Bonchev–Trinajstić information content (AvgIpc) is 1.69. The molecule has 0 radical (unpaired) electrons. The van der Waals surface area contributed by atoms with Crippen LogP contribution in [0.1, 0.15) is 123 Å². The highest BCUT2D eigenvalue weighted by Crippen LogP contribution is 2.30. The van der Waals surface area contributed by atoms with Gasteiger partial charge in [-0.3, -0.25) is 52.8 Å². The van der Waals surface area contributed by atoms with E-state index in [0.29, 0.717) is 70.6 Å². The summed E-state index contributed by atoms with van der Waals surface area (Å²) in [6.07, 6.45) is 5.73. The number of ether oxygens (including phenoxy) is 2. The van der Waals surface area contributed by atoms with E-state index in [-0.39, 0.29) is 134 Å². The number of carbonyl (C=O) groups is 11. The molecular weight excluding hydrogens is 1310 g/mol. The van der Waals surface area contributed by atoms with Crippen molar-refractivity contribution < 1.29 is 90.7 Å². The van der Waals surface area contributed by atoms with Crippen LogP contribution in [0.25, 0.3) is 0 Å². The van der Waals surface area contributed by atoms with Crippen molar-refractivity contribution in [3.8, 4) is 0 Å². The number of urea groups is 1. The highest BCUT2D eigenvalue weighted by atomic mass is 127. The zero-order valence-corrected chi connectivity index (χ0v) is 56.9. The Morgan fingerprint density at radius 3 is 1.73 bits per heavy atom. The number of epoxide rings is 1. The molecule has 93 heavy (non-hydrogen) atoms. The van der Waals surface area contributed by atoms with E-state index in [9.17, 15) is 52.7 Å². The lowest BCUT2D eigenvalue weighted by atomic mass is 9.93. The van der Waals surface area contributed by atoms with Gasteiger partial charge in [-0.25, -0.2) is 4.79 Å². The smallest absolute Gasteiger partial charge is 0.312 e. The van der Waals surface area contributed by atoms with Crippen LogP contribution < -0.4 is 72.2 Å². The van der Waals surface area contributed by atoms with Crippen molar-refractivity contribution in [1.82, 2.24) is 42.1 Å². The summed E-state index contributed by atoms with van der Waals surface area (Å²) in [5.74, 6) is -5.01. The fourth-order valence-electron chi connectivity index (χ4n) is 11.3. The second kappa shape index (κ2) is 37.3. The van der Waals surface area contributed by atoms with E-state index in [1.807, 2.05) is 100 Å². The molecule has 6 rings (SSSR count). The summed E-state index contributed by atoms with van der Waals surface area (Å²) in [7, 11) is 0. The van der Waals surface area contributed by atoms with Gasteiger partial charge < -0.3 is 86.2 Å². The molecule has 3 aliphatic heterocycles. The first-order valence-corrected chi connectivity index (χ1v) is 32.3. The minimum Gasteiger partial charge on any atom is -1.00 e. The van der Waals surface area contributed by atoms with Crippen molar-refractivity contribution in [3.05, 3.63) is 114 Å². The van der Waals surface area contributed by atoms with Gasteiger partial charge in [-0.05, 0) is 99.3 Å². The van der Waals surface area contributed by atoms with Gasteiger partial charge in [0.15, 0.2) is 12.3 Å². The molecule has 10 N–H and O–H groups in total. The third-order valence-corrected chi connectivity index (χ3v) is 16.6. The third kappa shape index (κ3) is 25.3. The van der Waals surface area contributed by atoms with Crippen LogP contribution in [0.2, 0.25) is 0 Å². The normalized spacial score (nSPS) is 17.6. The molecule has 7 atom stereocenters. The molecule has 2 fully saturated rings. The maximum Gasteiger partial charge on any atom is 0.312 e. The van der Waals surface area contributed by atoms with Gasteiger partial charge in [0.05, 0.1) is 25.9 Å². The number of imide groups is 1. The lowest BCUT2D eigenvalue weighted by molar-refractivity contribution is -0.940. The number of carbonyl (C=O) groups excluding carboxylic acids is 11. The van der Waals surface area contributed by atoms with Crippen LogP contribution in [0.4, 0.5) is 10.5 Å². The summed E-state index contributed by atoms with van der Waals surface area (Å²) in [6.45, 7) is 15.6. The Morgan fingerprint density at radius 2 is 1.14 bits per heavy atom. The Labute approximate surface area is 563 Å². The standard InChI is InChI=1S/C68H95N11O13.HI/c1-44(2)38-53(61(84)68(7)43-92-68)74-65(88)55(40-48-20-13-9-14-21-48)76-64(87)54(39-45(3)4)75-63(86)52(29-26-47-18-11-8-12-19-47)72-57(81)42-79(34-36-91-37-35-79)41-49-24-27-50(28-25-49)71-62(85)51(22-17-32-70-67(69)90)73-66(89)60(46(5)6)77-56(80)23-15-10-16-33-78-58(82)30-31-59(78)83;/h8-9,11-14,18-21,24-25,27-28,30-31,44-46,51-55,60H,10,15-17,22-23,26,29,32-43H2,1-7H3,(H9-,69,70,71,72,73,74,75,76,77,80,81,85,86,87,88,89,90);1H/t51-,52-,53-,54-,55-,60-,68+;/m0./s1. The fourth-order valence-corrected chi connectivity index (χ4v) is 11.3. The van der Waals surface area contributed by atoms with Gasteiger partial charge in [-0.1, -0.05) is 121 Å². The second-order valence-corrected chi connectivity index (χ2v) is 25.8. The zero-order valence-electron chi connectivity index (χ0n) is 54.7.